The minimum Gasteiger partial charge on any atom is -0.497 e. The topological polar surface area (TPSA) is 63.5 Å². The quantitative estimate of drug-likeness (QED) is 0.891. The maximum absolute atomic E-state index is 12.5. The molecule has 2 aromatic rings. The normalized spacial score (nSPS) is 11.4. The van der Waals surface area contributed by atoms with Crippen molar-refractivity contribution in [3.8, 4) is 11.4 Å². The first kappa shape index (κ1) is 17.1. The molecule has 0 fully saturated rings. The van der Waals surface area contributed by atoms with Gasteiger partial charge in [-0.2, -0.15) is 0 Å². The molecular weight excluding hydrogens is 292 g/mol. The van der Waals surface area contributed by atoms with E-state index in [1.165, 1.54) is 0 Å². The summed E-state index contributed by atoms with van der Waals surface area (Å²) in [5.41, 5.74) is 2.76. The zero-order valence-corrected chi connectivity index (χ0v) is 14.3. The molecule has 23 heavy (non-hydrogen) atoms. The summed E-state index contributed by atoms with van der Waals surface area (Å²) in [6, 6.07) is 9.56. The van der Waals surface area contributed by atoms with Crippen molar-refractivity contribution in [1.29, 1.82) is 0 Å². The van der Waals surface area contributed by atoms with Crippen molar-refractivity contribution >= 4 is 5.91 Å². The van der Waals surface area contributed by atoms with Crippen LogP contribution in [0, 0.1) is 13.8 Å². The number of carbonyl (C=O) groups is 1. The zero-order valence-electron chi connectivity index (χ0n) is 14.3. The van der Waals surface area contributed by atoms with Gasteiger partial charge in [-0.1, -0.05) is 0 Å². The van der Waals surface area contributed by atoms with Gasteiger partial charge in [0, 0.05) is 17.1 Å². The fourth-order valence-corrected chi connectivity index (χ4v) is 2.54. The van der Waals surface area contributed by atoms with Crippen LogP contribution in [-0.2, 0) is 0 Å². The maximum Gasteiger partial charge on any atom is 0.253 e. The van der Waals surface area contributed by atoms with Crippen LogP contribution in [0.5, 0.6) is 5.75 Å². The second-order valence-electron chi connectivity index (χ2n) is 6.31. The number of aliphatic hydroxyl groups excluding tert-OH is 1. The lowest BCUT2D eigenvalue weighted by Crippen LogP contribution is -2.46. The van der Waals surface area contributed by atoms with Crippen molar-refractivity contribution in [2.75, 3.05) is 13.7 Å². The van der Waals surface area contributed by atoms with Gasteiger partial charge in [0.25, 0.3) is 5.91 Å². The highest BCUT2D eigenvalue weighted by molar-refractivity contribution is 5.96. The van der Waals surface area contributed by atoms with Gasteiger partial charge in [0.1, 0.15) is 5.75 Å². The average molecular weight is 316 g/mol. The fourth-order valence-electron chi connectivity index (χ4n) is 2.54. The maximum atomic E-state index is 12.5. The van der Waals surface area contributed by atoms with Crippen molar-refractivity contribution in [3.63, 3.8) is 0 Å². The van der Waals surface area contributed by atoms with E-state index in [0.29, 0.717) is 5.56 Å². The molecule has 0 aliphatic heterocycles. The second kappa shape index (κ2) is 6.46. The van der Waals surface area contributed by atoms with Crippen LogP contribution < -0.4 is 10.1 Å². The number of amides is 1. The van der Waals surface area contributed by atoms with E-state index in [0.717, 1.165) is 22.8 Å². The van der Waals surface area contributed by atoms with Gasteiger partial charge in [-0.05, 0) is 58.0 Å². The number of nitrogens with zero attached hydrogens (tertiary/aromatic N) is 1. The Morgan fingerprint density at radius 3 is 2.39 bits per heavy atom. The summed E-state index contributed by atoms with van der Waals surface area (Å²) in [7, 11) is 1.63. The lowest BCUT2D eigenvalue weighted by atomic mass is 10.1. The molecule has 1 aromatic heterocycles. The Morgan fingerprint density at radius 1 is 1.26 bits per heavy atom. The van der Waals surface area contributed by atoms with Gasteiger partial charge in [-0.15, -0.1) is 0 Å². The lowest BCUT2D eigenvalue weighted by molar-refractivity contribution is 0.0868. The van der Waals surface area contributed by atoms with Gasteiger partial charge in [0.2, 0.25) is 0 Å². The van der Waals surface area contributed by atoms with Gasteiger partial charge >= 0.3 is 0 Å². The molecule has 1 heterocycles. The van der Waals surface area contributed by atoms with E-state index in [4.69, 9.17) is 4.74 Å². The van der Waals surface area contributed by atoms with E-state index in [2.05, 4.69) is 5.32 Å². The largest absolute Gasteiger partial charge is 0.497 e. The van der Waals surface area contributed by atoms with Gasteiger partial charge in [0.15, 0.2) is 0 Å². The SMILES string of the molecule is COc1ccc(-n2c(C)cc(C(=O)NC(C)(C)CO)c2C)cc1. The highest BCUT2D eigenvalue weighted by Crippen LogP contribution is 2.23. The Kier molecular flexibility index (Phi) is 4.80. The number of methoxy groups -OCH3 is 1. The van der Waals surface area contributed by atoms with E-state index in [-0.39, 0.29) is 12.5 Å². The van der Waals surface area contributed by atoms with Crippen LogP contribution in [0.2, 0.25) is 0 Å². The number of aliphatic hydroxyl groups is 1. The monoisotopic (exact) mass is 316 g/mol. The van der Waals surface area contributed by atoms with Crippen LogP contribution in [0.1, 0.15) is 35.6 Å². The minimum absolute atomic E-state index is 0.115. The molecule has 5 heteroatoms. The minimum atomic E-state index is -0.653. The Morgan fingerprint density at radius 2 is 1.87 bits per heavy atom. The average Bonchev–Trinajstić information content (AvgIpc) is 2.82. The van der Waals surface area contributed by atoms with E-state index in [9.17, 15) is 9.90 Å². The highest BCUT2D eigenvalue weighted by atomic mass is 16.5. The molecule has 124 valence electrons. The predicted molar refractivity (Wildman–Crippen MR) is 90.4 cm³/mol. The molecule has 0 saturated heterocycles. The number of aryl methyl sites for hydroxylation is 1. The molecule has 0 aliphatic carbocycles. The number of rotatable bonds is 5. The summed E-state index contributed by atoms with van der Waals surface area (Å²) in [5, 5.41) is 12.2. The Hall–Kier alpha value is -2.27. The first-order chi connectivity index (χ1) is 10.8. The van der Waals surface area contributed by atoms with Gasteiger partial charge < -0.3 is 19.7 Å². The number of nitrogens with one attached hydrogen (secondary N) is 1. The molecule has 0 saturated carbocycles. The number of aromatic nitrogens is 1. The first-order valence-electron chi connectivity index (χ1n) is 7.56. The van der Waals surface area contributed by atoms with Crippen LogP contribution in [0.25, 0.3) is 5.69 Å². The Labute approximate surface area is 136 Å². The third-order valence-electron chi connectivity index (χ3n) is 3.85. The predicted octanol–water partition coefficient (Wildman–Crippen LogP) is 2.60. The number of hydrogen-bond donors (Lipinski definition) is 2. The van der Waals surface area contributed by atoms with E-state index >= 15 is 0 Å². The van der Waals surface area contributed by atoms with Gasteiger partial charge in [0.05, 0.1) is 24.8 Å². The summed E-state index contributed by atoms with van der Waals surface area (Å²) in [6.07, 6.45) is 0. The molecule has 1 amide bonds. The van der Waals surface area contributed by atoms with Gasteiger partial charge in [-0.25, -0.2) is 0 Å². The Balaban J connectivity index is 2.37. The molecule has 0 spiro atoms. The van der Waals surface area contributed by atoms with Crippen LogP contribution in [0.15, 0.2) is 30.3 Å². The molecular formula is C18H24N2O3. The third-order valence-corrected chi connectivity index (χ3v) is 3.85. The van der Waals surface area contributed by atoms with Gasteiger partial charge in [-0.3, -0.25) is 4.79 Å². The molecule has 0 radical (unpaired) electrons. The van der Waals surface area contributed by atoms with Crippen molar-refractivity contribution in [2.24, 2.45) is 0 Å². The fraction of sp³-hybridized carbons (Fsp3) is 0.389. The molecule has 0 aliphatic rings. The molecule has 5 nitrogen and oxygen atoms in total. The van der Waals surface area contributed by atoms with Crippen molar-refractivity contribution in [2.45, 2.75) is 33.2 Å². The van der Waals surface area contributed by atoms with Crippen molar-refractivity contribution in [1.82, 2.24) is 9.88 Å². The third kappa shape index (κ3) is 3.56. The van der Waals surface area contributed by atoms with E-state index in [1.54, 1.807) is 21.0 Å². The number of hydrogen-bond acceptors (Lipinski definition) is 3. The summed E-state index contributed by atoms with van der Waals surface area (Å²) < 4.78 is 7.21. The summed E-state index contributed by atoms with van der Waals surface area (Å²) in [4.78, 5) is 12.5. The highest BCUT2D eigenvalue weighted by Gasteiger charge is 2.23. The number of benzene rings is 1. The first-order valence-corrected chi connectivity index (χ1v) is 7.56. The van der Waals surface area contributed by atoms with Crippen LogP contribution >= 0.6 is 0 Å². The second-order valence-corrected chi connectivity index (χ2v) is 6.31. The smallest absolute Gasteiger partial charge is 0.253 e. The molecule has 0 unspecified atom stereocenters. The van der Waals surface area contributed by atoms with E-state index in [1.807, 2.05) is 48.7 Å². The van der Waals surface area contributed by atoms with Crippen LogP contribution in [-0.4, -0.2) is 34.8 Å². The molecule has 0 bridgehead atoms. The standard InChI is InChI=1S/C18H24N2O3/c1-12-10-16(17(22)19-18(3,4)11-21)13(2)20(12)14-6-8-15(23-5)9-7-14/h6-10,21H,11H2,1-5H3,(H,19,22). The molecule has 2 rings (SSSR count). The van der Waals surface area contributed by atoms with Crippen molar-refractivity contribution in [3.05, 3.63) is 47.3 Å². The zero-order chi connectivity index (χ0) is 17.2. The lowest BCUT2D eigenvalue weighted by Gasteiger charge is -2.23. The Bertz CT molecular complexity index is 700. The summed E-state index contributed by atoms with van der Waals surface area (Å²) >= 11 is 0. The number of carbonyl (C=O) groups excluding carboxylic acids is 1. The van der Waals surface area contributed by atoms with Crippen LogP contribution in [0.4, 0.5) is 0 Å². The molecule has 1 aromatic carbocycles. The number of ether oxygens (including phenoxy) is 1. The van der Waals surface area contributed by atoms with Crippen LogP contribution in [0.3, 0.4) is 0 Å². The van der Waals surface area contributed by atoms with Crippen molar-refractivity contribution < 1.29 is 14.6 Å². The molecule has 2 N–H and O–H groups in total. The summed E-state index contributed by atoms with van der Waals surface area (Å²) in [5.74, 6) is 0.607. The van der Waals surface area contributed by atoms with E-state index < -0.39 is 5.54 Å². The summed E-state index contributed by atoms with van der Waals surface area (Å²) in [6.45, 7) is 7.33. The molecule has 0 atom stereocenters.